The summed E-state index contributed by atoms with van der Waals surface area (Å²) in [5, 5.41) is 19.6. The Labute approximate surface area is 138 Å². The van der Waals surface area contributed by atoms with Crippen LogP contribution in [-0.2, 0) is 0 Å². The van der Waals surface area contributed by atoms with Gasteiger partial charge in [0.25, 0.3) is 0 Å². The molecule has 6 heteroatoms. The molecule has 0 fully saturated rings. The van der Waals surface area contributed by atoms with Gasteiger partial charge in [-0.25, -0.2) is 0 Å². The van der Waals surface area contributed by atoms with Crippen LogP contribution >= 0.6 is 63.7 Å². The van der Waals surface area contributed by atoms with Crippen LogP contribution in [0.1, 0.15) is 0 Å². The van der Waals surface area contributed by atoms with Gasteiger partial charge in [-0.1, -0.05) is 31.9 Å². The molecule has 94 valence electrons. The minimum Gasteiger partial charge on any atom is -0.507 e. The molecule has 0 atom stereocenters. The lowest BCUT2D eigenvalue weighted by Gasteiger charge is -2.14. The highest BCUT2D eigenvalue weighted by atomic mass is 79.9. The minimum absolute atomic E-state index is 0.135. The largest absolute Gasteiger partial charge is 0.507 e. The molecule has 2 nitrogen and oxygen atoms in total. The number of phenolic OH excluding ortho intramolecular Hbond substituents is 2. The molecule has 0 spiro atoms. The van der Waals surface area contributed by atoms with Crippen LogP contribution < -0.4 is 0 Å². The highest BCUT2D eigenvalue weighted by molar-refractivity contribution is 9.11. The second-order valence-corrected chi connectivity index (χ2v) is 6.81. The van der Waals surface area contributed by atoms with Gasteiger partial charge in [-0.05, 0) is 56.1 Å². The maximum atomic E-state index is 9.78. The lowest BCUT2D eigenvalue weighted by molar-refractivity contribution is 0.470. The maximum Gasteiger partial charge on any atom is 0.130 e. The van der Waals surface area contributed by atoms with E-state index >= 15 is 0 Å². The topological polar surface area (TPSA) is 40.5 Å². The van der Waals surface area contributed by atoms with Crippen LogP contribution in [0.15, 0.2) is 42.2 Å². The van der Waals surface area contributed by atoms with Crippen molar-refractivity contribution in [3.05, 3.63) is 42.2 Å². The Morgan fingerprint density at radius 3 is 1.28 bits per heavy atom. The fourth-order valence-corrected chi connectivity index (χ4v) is 4.22. The Balaban J connectivity index is 2.85. The minimum atomic E-state index is 0.135. The first kappa shape index (κ1) is 14.4. The smallest absolute Gasteiger partial charge is 0.130 e. The Morgan fingerprint density at radius 2 is 0.944 bits per heavy atom. The average molecular weight is 502 g/mol. The van der Waals surface area contributed by atoms with E-state index in [-0.39, 0.29) is 11.5 Å². The molecular weight excluding hydrogens is 496 g/mol. The van der Waals surface area contributed by atoms with Gasteiger partial charge in [-0.15, -0.1) is 0 Å². The summed E-state index contributed by atoms with van der Waals surface area (Å²) < 4.78 is 2.73. The summed E-state index contributed by atoms with van der Waals surface area (Å²) in [4.78, 5) is 0. The van der Waals surface area contributed by atoms with E-state index in [1.165, 1.54) is 0 Å². The Bertz CT molecular complexity index is 570. The molecule has 0 aliphatic rings. The summed E-state index contributed by atoms with van der Waals surface area (Å²) in [5.74, 6) is 0.269. The van der Waals surface area contributed by atoms with Gasteiger partial charge in [0.2, 0.25) is 0 Å². The van der Waals surface area contributed by atoms with Crippen LogP contribution in [0, 0.1) is 0 Å². The molecule has 18 heavy (non-hydrogen) atoms. The highest BCUT2D eigenvalue weighted by Crippen LogP contribution is 2.48. The number of aromatic hydroxyl groups is 2. The van der Waals surface area contributed by atoms with Crippen LogP contribution in [0.5, 0.6) is 11.5 Å². The van der Waals surface area contributed by atoms with Crippen LogP contribution in [-0.4, -0.2) is 10.2 Å². The first-order chi connectivity index (χ1) is 8.43. The van der Waals surface area contributed by atoms with Gasteiger partial charge < -0.3 is 10.2 Å². The summed E-state index contributed by atoms with van der Waals surface area (Å²) in [6.07, 6.45) is 0. The van der Waals surface area contributed by atoms with Gasteiger partial charge >= 0.3 is 0 Å². The number of hydrogen-bond donors (Lipinski definition) is 2. The van der Waals surface area contributed by atoms with E-state index in [4.69, 9.17) is 0 Å². The fourth-order valence-electron chi connectivity index (χ4n) is 1.54. The SMILES string of the molecule is Oc1ccc(Br)c(-c2c(Br)ccc(O)c2Br)c1Br. The Morgan fingerprint density at radius 1 is 0.611 bits per heavy atom. The van der Waals surface area contributed by atoms with Crippen molar-refractivity contribution in [3.63, 3.8) is 0 Å². The molecule has 0 heterocycles. The first-order valence-corrected chi connectivity index (χ1v) is 7.95. The standard InChI is InChI=1S/C12H6Br4O2/c13-5-1-3-7(17)11(15)9(5)10-6(14)2-4-8(18)12(10)16/h1-4,17-18H. The molecule has 0 aliphatic heterocycles. The van der Waals surface area contributed by atoms with Gasteiger partial charge in [-0.3, -0.25) is 0 Å². The molecule has 0 saturated carbocycles. The number of hydrogen-bond acceptors (Lipinski definition) is 2. The van der Waals surface area contributed by atoms with Crippen molar-refractivity contribution < 1.29 is 10.2 Å². The van der Waals surface area contributed by atoms with Crippen molar-refractivity contribution in [1.82, 2.24) is 0 Å². The van der Waals surface area contributed by atoms with E-state index in [0.717, 1.165) is 20.1 Å². The second-order valence-electron chi connectivity index (χ2n) is 3.51. The summed E-state index contributed by atoms with van der Waals surface area (Å²) >= 11 is 13.6. The zero-order valence-electron chi connectivity index (χ0n) is 8.72. The van der Waals surface area contributed by atoms with Crippen molar-refractivity contribution in [2.24, 2.45) is 0 Å². The van der Waals surface area contributed by atoms with Gasteiger partial charge in [0.05, 0.1) is 8.95 Å². The lowest BCUT2D eigenvalue weighted by atomic mass is 10.1. The van der Waals surface area contributed by atoms with Crippen molar-refractivity contribution in [2.45, 2.75) is 0 Å². The monoisotopic (exact) mass is 498 g/mol. The number of rotatable bonds is 1. The van der Waals surface area contributed by atoms with Crippen molar-refractivity contribution >= 4 is 63.7 Å². The summed E-state index contributed by atoms with van der Waals surface area (Å²) in [5.41, 5.74) is 1.51. The van der Waals surface area contributed by atoms with Crippen molar-refractivity contribution in [2.75, 3.05) is 0 Å². The molecule has 0 aromatic heterocycles. The zero-order chi connectivity index (χ0) is 13.4. The van der Waals surface area contributed by atoms with Crippen LogP contribution in [0.4, 0.5) is 0 Å². The molecule has 0 aliphatic carbocycles. The van der Waals surface area contributed by atoms with Crippen molar-refractivity contribution in [3.8, 4) is 22.6 Å². The quantitative estimate of drug-likeness (QED) is 0.517. The van der Waals surface area contributed by atoms with E-state index in [0.29, 0.717) is 8.95 Å². The third kappa shape index (κ3) is 2.48. The molecule has 0 saturated heterocycles. The summed E-state index contributed by atoms with van der Waals surface area (Å²) in [6, 6.07) is 6.67. The third-order valence-electron chi connectivity index (χ3n) is 2.39. The Hall–Kier alpha value is -0.0400. The van der Waals surface area contributed by atoms with E-state index < -0.39 is 0 Å². The molecule has 0 radical (unpaired) electrons. The molecule has 2 rings (SSSR count). The number of benzene rings is 2. The van der Waals surface area contributed by atoms with E-state index in [9.17, 15) is 10.2 Å². The first-order valence-electron chi connectivity index (χ1n) is 4.77. The zero-order valence-corrected chi connectivity index (χ0v) is 15.1. The van der Waals surface area contributed by atoms with Crippen LogP contribution in [0.2, 0.25) is 0 Å². The summed E-state index contributed by atoms with van der Waals surface area (Å²) in [6.45, 7) is 0. The molecule has 0 bridgehead atoms. The predicted octanol–water partition coefficient (Wildman–Crippen LogP) is 5.81. The second kappa shape index (κ2) is 5.53. The molecule has 2 aromatic rings. The van der Waals surface area contributed by atoms with Gasteiger partial charge in [0, 0.05) is 20.1 Å². The molecular formula is C12H6Br4O2. The van der Waals surface area contributed by atoms with Gasteiger partial charge in [-0.2, -0.15) is 0 Å². The normalized spacial score (nSPS) is 10.7. The van der Waals surface area contributed by atoms with Gasteiger partial charge in [0.1, 0.15) is 11.5 Å². The maximum absolute atomic E-state index is 9.78. The van der Waals surface area contributed by atoms with Crippen LogP contribution in [0.3, 0.4) is 0 Å². The molecule has 0 unspecified atom stereocenters. The highest BCUT2D eigenvalue weighted by Gasteiger charge is 2.18. The molecule has 2 aromatic carbocycles. The lowest BCUT2D eigenvalue weighted by Crippen LogP contribution is -1.87. The fraction of sp³-hybridized carbons (Fsp3) is 0. The van der Waals surface area contributed by atoms with Crippen molar-refractivity contribution in [1.29, 1.82) is 0 Å². The predicted molar refractivity (Wildman–Crippen MR) is 86.0 cm³/mol. The molecule has 0 amide bonds. The Kier molecular flexibility index (Phi) is 4.41. The number of halogens is 4. The van der Waals surface area contributed by atoms with E-state index in [1.54, 1.807) is 24.3 Å². The summed E-state index contributed by atoms with van der Waals surface area (Å²) in [7, 11) is 0. The van der Waals surface area contributed by atoms with Crippen LogP contribution in [0.25, 0.3) is 11.1 Å². The number of phenols is 2. The van der Waals surface area contributed by atoms with E-state index in [1.807, 2.05) is 0 Å². The van der Waals surface area contributed by atoms with E-state index in [2.05, 4.69) is 63.7 Å². The van der Waals surface area contributed by atoms with Gasteiger partial charge in [0.15, 0.2) is 0 Å². The third-order valence-corrected chi connectivity index (χ3v) is 5.32. The average Bonchev–Trinajstić information content (AvgIpc) is 2.33. The molecule has 2 N–H and O–H groups in total.